The molecule has 4 nitrogen and oxygen atoms in total. The molecule has 0 amide bonds. The minimum Gasteiger partial charge on any atom is -0.384 e. The van der Waals surface area contributed by atoms with Gasteiger partial charge in [-0.15, -0.1) is 0 Å². The molecule has 1 aromatic heterocycles. The van der Waals surface area contributed by atoms with Gasteiger partial charge in [-0.1, -0.05) is 6.92 Å². The van der Waals surface area contributed by atoms with Gasteiger partial charge in [-0.25, -0.2) is 4.98 Å². The number of anilines is 1. The molecule has 0 radical (unpaired) electrons. The van der Waals surface area contributed by atoms with Gasteiger partial charge in [-0.2, -0.15) is 13.2 Å². The van der Waals surface area contributed by atoms with E-state index in [1.807, 2.05) is 0 Å². The van der Waals surface area contributed by atoms with E-state index in [2.05, 4.69) is 4.98 Å². The van der Waals surface area contributed by atoms with Gasteiger partial charge in [0.25, 0.3) is 0 Å². The average molecular weight is 274 g/mol. The van der Waals surface area contributed by atoms with Gasteiger partial charge in [0, 0.05) is 12.7 Å². The first kappa shape index (κ1) is 15.3. The fourth-order valence-electron chi connectivity index (χ4n) is 1.86. The summed E-state index contributed by atoms with van der Waals surface area (Å²) in [5.74, 6) is -0.157. The highest BCUT2D eigenvalue weighted by Gasteiger charge is 2.32. The van der Waals surface area contributed by atoms with Gasteiger partial charge in [0.1, 0.15) is 18.2 Å². The average Bonchev–Trinajstić information content (AvgIpc) is 2.25. The van der Waals surface area contributed by atoms with Crippen LogP contribution in [0.2, 0.25) is 0 Å². The zero-order valence-electron chi connectivity index (χ0n) is 10.9. The zero-order chi connectivity index (χ0) is 14.6. The van der Waals surface area contributed by atoms with Gasteiger partial charge < -0.3 is 10.6 Å². The summed E-state index contributed by atoms with van der Waals surface area (Å²) in [6.07, 6.45) is -2.35. The number of aryl methyl sites for hydroxylation is 1. The van der Waals surface area contributed by atoms with Crippen LogP contribution in [0, 0.1) is 12.3 Å². The Balaban J connectivity index is 3.22. The minimum atomic E-state index is -4.32. The molecule has 0 fully saturated rings. The van der Waals surface area contributed by atoms with Crippen molar-refractivity contribution in [1.82, 2.24) is 4.98 Å². The maximum absolute atomic E-state index is 12.6. The van der Waals surface area contributed by atoms with Crippen LogP contribution in [0.1, 0.15) is 24.5 Å². The van der Waals surface area contributed by atoms with Crippen LogP contribution in [0.5, 0.6) is 0 Å². The molecule has 0 saturated heterocycles. The van der Waals surface area contributed by atoms with Crippen LogP contribution >= 0.6 is 0 Å². The molecule has 0 unspecified atom stereocenters. The Morgan fingerprint density at radius 3 is 2.58 bits per heavy atom. The minimum absolute atomic E-state index is 0.117. The van der Waals surface area contributed by atoms with Gasteiger partial charge in [0.2, 0.25) is 0 Å². The summed E-state index contributed by atoms with van der Waals surface area (Å²) in [5, 5.41) is 7.50. The SMILES string of the molecule is CCCN(CC(F)(F)F)c1nccc(C)c1C(=N)N. The Bertz CT molecular complexity index is 457. The molecule has 0 aliphatic carbocycles. The zero-order valence-corrected chi connectivity index (χ0v) is 10.9. The standard InChI is InChI=1S/C12H17F3N4/c1-3-6-19(7-12(13,14)15)11-9(10(16)17)8(2)4-5-18-11/h4-5H,3,6-7H2,1-2H3,(H3,16,17). The van der Waals surface area contributed by atoms with Crippen molar-refractivity contribution in [2.75, 3.05) is 18.0 Å². The maximum atomic E-state index is 12.6. The molecule has 1 heterocycles. The maximum Gasteiger partial charge on any atom is 0.405 e. The van der Waals surface area contributed by atoms with Gasteiger partial charge in [-0.3, -0.25) is 5.41 Å². The molecular formula is C12H17F3N4. The van der Waals surface area contributed by atoms with Crippen LogP contribution in [0.3, 0.4) is 0 Å². The summed E-state index contributed by atoms with van der Waals surface area (Å²) in [6, 6.07) is 1.62. The molecule has 3 N–H and O–H groups in total. The Hall–Kier alpha value is -1.79. The Kier molecular flexibility index (Phi) is 4.74. The third-order valence-corrected chi connectivity index (χ3v) is 2.57. The van der Waals surface area contributed by atoms with E-state index in [0.29, 0.717) is 12.0 Å². The number of aromatic nitrogens is 1. The fraction of sp³-hybridized carbons (Fsp3) is 0.500. The number of hydrogen-bond donors (Lipinski definition) is 2. The highest BCUT2D eigenvalue weighted by Crippen LogP contribution is 2.25. The van der Waals surface area contributed by atoms with Crippen molar-refractivity contribution in [2.45, 2.75) is 26.4 Å². The van der Waals surface area contributed by atoms with Gasteiger partial charge in [0.05, 0.1) is 5.56 Å². The second-order valence-electron chi connectivity index (χ2n) is 4.28. The molecule has 0 saturated carbocycles. The summed E-state index contributed by atoms with van der Waals surface area (Å²) in [6.45, 7) is 2.58. The molecule has 0 aliphatic rings. The third-order valence-electron chi connectivity index (χ3n) is 2.57. The summed E-state index contributed by atoms with van der Waals surface area (Å²) >= 11 is 0. The number of alkyl halides is 3. The van der Waals surface area contributed by atoms with Crippen LogP contribution in [-0.2, 0) is 0 Å². The first-order chi connectivity index (χ1) is 8.76. The molecule has 0 spiro atoms. The molecule has 0 aliphatic heterocycles. The van der Waals surface area contributed by atoms with Crippen molar-refractivity contribution in [1.29, 1.82) is 5.41 Å². The number of nitrogens with one attached hydrogen (secondary N) is 1. The molecule has 19 heavy (non-hydrogen) atoms. The van der Waals surface area contributed by atoms with E-state index >= 15 is 0 Å². The fourth-order valence-corrected chi connectivity index (χ4v) is 1.86. The van der Waals surface area contributed by atoms with Crippen molar-refractivity contribution < 1.29 is 13.2 Å². The summed E-state index contributed by atoms with van der Waals surface area (Å²) in [5.41, 5.74) is 6.35. The summed E-state index contributed by atoms with van der Waals surface area (Å²) in [4.78, 5) is 5.08. The van der Waals surface area contributed by atoms with Gasteiger partial charge >= 0.3 is 6.18 Å². The Labute approximate surface area is 109 Å². The van der Waals surface area contributed by atoms with Crippen LogP contribution in [0.4, 0.5) is 19.0 Å². The second kappa shape index (κ2) is 5.90. The Morgan fingerprint density at radius 1 is 1.47 bits per heavy atom. The van der Waals surface area contributed by atoms with Gasteiger partial charge in [-0.05, 0) is 25.0 Å². The lowest BCUT2D eigenvalue weighted by Crippen LogP contribution is -2.37. The lowest BCUT2D eigenvalue weighted by Gasteiger charge is -2.26. The number of nitrogen functional groups attached to an aromatic ring is 1. The molecule has 0 aromatic carbocycles. The third kappa shape index (κ3) is 4.11. The number of rotatable bonds is 5. The predicted octanol–water partition coefficient (Wildman–Crippen LogP) is 2.45. The number of nitrogens with two attached hydrogens (primary N) is 1. The molecule has 7 heteroatoms. The number of pyridine rings is 1. The smallest absolute Gasteiger partial charge is 0.384 e. The monoisotopic (exact) mass is 274 g/mol. The van der Waals surface area contributed by atoms with E-state index in [1.54, 1.807) is 19.9 Å². The van der Waals surface area contributed by atoms with E-state index in [-0.39, 0.29) is 23.8 Å². The number of amidine groups is 1. The van der Waals surface area contributed by atoms with E-state index < -0.39 is 12.7 Å². The van der Waals surface area contributed by atoms with Crippen molar-refractivity contribution in [2.24, 2.45) is 5.73 Å². The van der Waals surface area contributed by atoms with E-state index in [4.69, 9.17) is 11.1 Å². The van der Waals surface area contributed by atoms with Crippen molar-refractivity contribution in [3.05, 3.63) is 23.4 Å². The first-order valence-electron chi connectivity index (χ1n) is 5.88. The molecule has 106 valence electrons. The molecule has 1 rings (SSSR count). The first-order valence-corrected chi connectivity index (χ1v) is 5.88. The molecular weight excluding hydrogens is 257 g/mol. The lowest BCUT2D eigenvalue weighted by molar-refractivity contribution is -0.119. The number of hydrogen-bond acceptors (Lipinski definition) is 3. The van der Waals surface area contributed by atoms with Crippen LogP contribution < -0.4 is 10.6 Å². The van der Waals surface area contributed by atoms with E-state index in [9.17, 15) is 13.2 Å². The lowest BCUT2D eigenvalue weighted by atomic mass is 10.1. The Morgan fingerprint density at radius 2 is 2.11 bits per heavy atom. The molecule has 0 atom stereocenters. The van der Waals surface area contributed by atoms with Crippen LogP contribution in [0.25, 0.3) is 0 Å². The second-order valence-corrected chi connectivity index (χ2v) is 4.28. The predicted molar refractivity (Wildman–Crippen MR) is 68.5 cm³/mol. The largest absolute Gasteiger partial charge is 0.405 e. The van der Waals surface area contributed by atoms with E-state index in [0.717, 1.165) is 4.90 Å². The highest BCUT2D eigenvalue weighted by molar-refractivity contribution is 6.01. The topological polar surface area (TPSA) is 66.0 Å². The van der Waals surface area contributed by atoms with Crippen LogP contribution in [-0.4, -0.2) is 30.1 Å². The number of nitrogens with zero attached hydrogens (tertiary/aromatic N) is 2. The van der Waals surface area contributed by atoms with Crippen molar-refractivity contribution >= 4 is 11.7 Å². The normalized spacial score (nSPS) is 11.4. The van der Waals surface area contributed by atoms with Crippen molar-refractivity contribution in [3.8, 4) is 0 Å². The van der Waals surface area contributed by atoms with Gasteiger partial charge in [0.15, 0.2) is 0 Å². The van der Waals surface area contributed by atoms with Crippen LogP contribution in [0.15, 0.2) is 12.3 Å². The quantitative estimate of drug-likeness (QED) is 0.640. The number of halogens is 3. The molecule has 0 bridgehead atoms. The molecule has 1 aromatic rings. The highest BCUT2D eigenvalue weighted by atomic mass is 19.4. The summed E-state index contributed by atoms with van der Waals surface area (Å²) in [7, 11) is 0. The van der Waals surface area contributed by atoms with E-state index in [1.165, 1.54) is 6.20 Å². The van der Waals surface area contributed by atoms with Crippen molar-refractivity contribution in [3.63, 3.8) is 0 Å². The summed E-state index contributed by atoms with van der Waals surface area (Å²) < 4.78 is 37.8.